The standard InChI is InChI=1S/C87H144O16P2/c1-4-7-10-13-16-19-22-25-28-31-34-36-37-38-39-40-41-42-43-45-48-49-52-55-58-61-64-67-70-73-85(90)97-76-82(88)77-99-104(93,94)100-78-83(89)79-101-105(95,96)102-81-84(103-87(92)75-72-69-66-63-60-57-54-51-46-33-30-27-24-21-18-15-12-9-6-3)80-98-86(91)74-71-68-65-62-59-56-53-50-47-44-35-32-29-26-23-20-17-14-11-8-5-2/h9,12,16-21,25-30,34-36,38-39,44,46,50-51,53,57,60,66,69,82-84,88-89H,4-8,10-11,13-15,22-24,31-33,37,40-43,45,47-49,52,54-56,58-59,61-65,67-68,70-81H2,1-3H3,(H,93,94)(H,95,96)/b12-9-,19-16-,20-17-,21-18-,28-25-,29-26-,30-27-,36-34-,39-38-,44-35-,51-46-,53-50-,60-57-,69-66-. The van der Waals surface area contributed by atoms with E-state index in [-0.39, 0.29) is 19.3 Å². The molecular formula is C87H144O16P2. The zero-order chi connectivity index (χ0) is 76.6. The molecule has 0 saturated carbocycles. The highest BCUT2D eigenvalue weighted by atomic mass is 31.2. The molecule has 0 aliphatic carbocycles. The summed E-state index contributed by atoms with van der Waals surface area (Å²) in [5.41, 5.74) is 0. The molecule has 105 heavy (non-hydrogen) atoms. The molecule has 598 valence electrons. The average Bonchev–Trinajstić information content (AvgIpc) is 0.940. The summed E-state index contributed by atoms with van der Waals surface area (Å²) in [7, 11) is -9.84. The molecule has 16 nitrogen and oxygen atoms in total. The van der Waals surface area contributed by atoms with Crippen LogP contribution in [0, 0.1) is 0 Å². The van der Waals surface area contributed by atoms with Gasteiger partial charge in [-0.1, -0.05) is 306 Å². The van der Waals surface area contributed by atoms with Crippen molar-refractivity contribution in [2.75, 3.05) is 39.6 Å². The van der Waals surface area contributed by atoms with Crippen molar-refractivity contribution in [3.63, 3.8) is 0 Å². The van der Waals surface area contributed by atoms with E-state index >= 15 is 0 Å². The fraction of sp³-hybridized carbons (Fsp3) is 0.644. The molecule has 0 amide bonds. The quantitative estimate of drug-likeness (QED) is 0.0146. The summed E-state index contributed by atoms with van der Waals surface area (Å²) in [6.45, 7) is 2.39. The van der Waals surface area contributed by atoms with Crippen molar-refractivity contribution in [3.8, 4) is 0 Å². The second kappa shape index (κ2) is 78.5. The van der Waals surface area contributed by atoms with Crippen molar-refractivity contribution < 1.29 is 75.8 Å². The number of aliphatic hydroxyl groups excluding tert-OH is 2. The van der Waals surface area contributed by atoms with Gasteiger partial charge in [-0.2, -0.15) is 0 Å². The van der Waals surface area contributed by atoms with Gasteiger partial charge in [0.25, 0.3) is 0 Å². The number of carbonyl (C=O) groups excluding carboxylic acids is 3. The Labute approximate surface area is 637 Å². The maximum Gasteiger partial charge on any atom is 0.472 e. The van der Waals surface area contributed by atoms with Gasteiger partial charge in [0, 0.05) is 19.3 Å². The maximum absolute atomic E-state index is 13.0. The normalized spacial score (nSPS) is 14.8. The third-order valence-electron chi connectivity index (χ3n) is 16.4. The number of esters is 3. The molecule has 0 radical (unpaired) electrons. The van der Waals surface area contributed by atoms with Crippen molar-refractivity contribution in [2.45, 2.75) is 322 Å². The Bertz CT molecular complexity index is 2590. The Kier molecular flexibility index (Phi) is 74.7. The second-order valence-electron chi connectivity index (χ2n) is 26.5. The highest BCUT2D eigenvalue weighted by Crippen LogP contribution is 2.45. The lowest BCUT2D eigenvalue weighted by atomic mass is 10.0. The Morgan fingerprint density at radius 2 is 0.524 bits per heavy atom. The molecule has 0 aliphatic heterocycles. The number of ether oxygens (including phenoxy) is 3. The number of rotatable bonds is 75. The van der Waals surface area contributed by atoms with Gasteiger partial charge in [-0.15, -0.1) is 0 Å². The van der Waals surface area contributed by atoms with Crippen molar-refractivity contribution in [1.29, 1.82) is 0 Å². The number of unbranched alkanes of at least 4 members (excludes halogenated alkanes) is 24. The lowest BCUT2D eigenvalue weighted by Crippen LogP contribution is -2.29. The number of phosphoric ester groups is 2. The smallest absolute Gasteiger partial charge is 0.463 e. The lowest BCUT2D eigenvalue weighted by molar-refractivity contribution is -0.161. The van der Waals surface area contributed by atoms with E-state index in [2.05, 4.69) is 173 Å². The predicted octanol–water partition coefficient (Wildman–Crippen LogP) is 24.0. The van der Waals surface area contributed by atoms with Crippen molar-refractivity contribution >= 4 is 33.6 Å². The van der Waals surface area contributed by atoms with Crippen LogP contribution in [0.4, 0.5) is 0 Å². The summed E-state index contributed by atoms with van der Waals surface area (Å²) < 4.78 is 61.1. The van der Waals surface area contributed by atoms with Crippen LogP contribution in [0.5, 0.6) is 0 Å². The molecule has 0 bridgehead atoms. The molecule has 0 heterocycles. The van der Waals surface area contributed by atoms with Gasteiger partial charge < -0.3 is 34.2 Å². The van der Waals surface area contributed by atoms with Crippen LogP contribution in [0.3, 0.4) is 0 Å². The van der Waals surface area contributed by atoms with Gasteiger partial charge in [0.1, 0.15) is 25.4 Å². The van der Waals surface area contributed by atoms with Crippen LogP contribution < -0.4 is 0 Å². The van der Waals surface area contributed by atoms with E-state index < -0.39 is 91.5 Å². The SMILES string of the molecule is CC/C=C\C/C=C\C/C=C\C/C=C\C/C=C\C/C=C\CCC(=O)OC(COC(=O)CCCCCCC/C=C\C/C=C\C/C=C\C/C=C\CCCCC)COP(=O)(O)OCC(O)COP(=O)(O)OCC(O)COC(=O)CCCCCCCCCCCCCCC/C=C\C/C=C\C/C=C\C/C=C\CCCCC. The van der Waals surface area contributed by atoms with Crippen molar-refractivity contribution in [3.05, 3.63) is 170 Å². The van der Waals surface area contributed by atoms with Crippen LogP contribution in [0.2, 0.25) is 0 Å². The van der Waals surface area contributed by atoms with Gasteiger partial charge in [0.05, 0.1) is 26.4 Å². The second-order valence-corrected chi connectivity index (χ2v) is 29.4. The Morgan fingerprint density at radius 1 is 0.276 bits per heavy atom. The first-order valence-corrected chi connectivity index (χ1v) is 43.4. The Balaban J connectivity index is 4.66. The number of allylic oxidation sites excluding steroid dienone is 28. The highest BCUT2D eigenvalue weighted by molar-refractivity contribution is 7.47. The van der Waals surface area contributed by atoms with Crippen LogP contribution in [0.15, 0.2) is 170 Å². The van der Waals surface area contributed by atoms with E-state index in [9.17, 15) is 43.5 Å². The van der Waals surface area contributed by atoms with E-state index in [1.807, 2.05) is 18.2 Å². The molecule has 0 aliphatic rings. The molecular weight excluding hydrogens is 1360 g/mol. The van der Waals surface area contributed by atoms with Crippen LogP contribution in [-0.2, 0) is 55.8 Å². The van der Waals surface area contributed by atoms with E-state index in [1.165, 1.54) is 103 Å². The monoisotopic (exact) mass is 1510 g/mol. The van der Waals surface area contributed by atoms with E-state index in [0.717, 1.165) is 135 Å². The fourth-order valence-electron chi connectivity index (χ4n) is 10.3. The summed E-state index contributed by atoms with van der Waals surface area (Å²) in [6.07, 6.45) is 99.9. The Hall–Kier alpha value is -5.09. The summed E-state index contributed by atoms with van der Waals surface area (Å²) in [5, 5.41) is 20.7. The fourth-order valence-corrected chi connectivity index (χ4v) is 11.9. The highest BCUT2D eigenvalue weighted by Gasteiger charge is 2.29. The summed E-state index contributed by atoms with van der Waals surface area (Å²) in [5.74, 6) is -1.70. The van der Waals surface area contributed by atoms with E-state index in [4.69, 9.17) is 32.3 Å². The third-order valence-corrected chi connectivity index (χ3v) is 18.3. The first-order chi connectivity index (χ1) is 51.2. The predicted molar refractivity (Wildman–Crippen MR) is 435 cm³/mol. The molecule has 18 heteroatoms. The molecule has 0 fully saturated rings. The number of hydrogen-bond donors (Lipinski definition) is 4. The molecule has 0 aromatic carbocycles. The first-order valence-electron chi connectivity index (χ1n) is 40.4. The minimum atomic E-state index is -4.96. The van der Waals surface area contributed by atoms with Gasteiger partial charge in [0.2, 0.25) is 0 Å². The lowest BCUT2D eigenvalue weighted by Gasteiger charge is -2.21. The van der Waals surface area contributed by atoms with Gasteiger partial charge in [-0.3, -0.25) is 32.5 Å². The number of hydrogen-bond acceptors (Lipinski definition) is 14. The summed E-state index contributed by atoms with van der Waals surface area (Å²) in [4.78, 5) is 58.7. The number of phosphoric acid groups is 2. The summed E-state index contributed by atoms with van der Waals surface area (Å²) >= 11 is 0. The molecule has 5 unspecified atom stereocenters. The Morgan fingerprint density at radius 3 is 0.838 bits per heavy atom. The maximum atomic E-state index is 13.0. The topological polar surface area (TPSA) is 231 Å². The summed E-state index contributed by atoms with van der Waals surface area (Å²) in [6, 6.07) is 0. The minimum Gasteiger partial charge on any atom is -0.463 e. The number of carbonyl (C=O) groups is 3. The molecule has 0 rings (SSSR count). The van der Waals surface area contributed by atoms with Crippen LogP contribution in [-0.4, -0.2) is 95.9 Å². The average molecular weight is 1510 g/mol. The number of aliphatic hydroxyl groups is 2. The molecule has 4 N–H and O–H groups in total. The van der Waals surface area contributed by atoms with Crippen LogP contribution >= 0.6 is 15.6 Å². The van der Waals surface area contributed by atoms with Gasteiger partial charge in [-0.05, 0) is 148 Å². The molecule has 0 aromatic rings. The van der Waals surface area contributed by atoms with Gasteiger partial charge in [-0.25, -0.2) is 9.13 Å². The minimum absolute atomic E-state index is 0.0312. The van der Waals surface area contributed by atoms with Crippen molar-refractivity contribution in [1.82, 2.24) is 0 Å². The largest absolute Gasteiger partial charge is 0.472 e. The molecule has 0 aromatic heterocycles. The molecule has 5 atom stereocenters. The third kappa shape index (κ3) is 79.8. The zero-order valence-electron chi connectivity index (χ0n) is 65.3. The van der Waals surface area contributed by atoms with E-state index in [0.29, 0.717) is 25.7 Å². The van der Waals surface area contributed by atoms with Crippen LogP contribution in [0.1, 0.15) is 303 Å². The molecule has 0 saturated heterocycles. The first kappa shape index (κ1) is 99.9. The van der Waals surface area contributed by atoms with Gasteiger partial charge >= 0.3 is 33.6 Å². The van der Waals surface area contributed by atoms with Gasteiger partial charge in [0.15, 0.2) is 6.10 Å². The zero-order valence-corrected chi connectivity index (χ0v) is 67.1. The van der Waals surface area contributed by atoms with Crippen molar-refractivity contribution in [2.24, 2.45) is 0 Å². The molecule has 0 spiro atoms. The van der Waals surface area contributed by atoms with E-state index in [1.54, 1.807) is 0 Å². The van der Waals surface area contributed by atoms with Crippen LogP contribution in [0.25, 0.3) is 0 Å².